The molecule has 0 bridgehead atoms. The molecule has 0 saturated carbocycles. The molecule has 0 N–H and O–H groups in total. The maximum atomic E-state index is 4.23. The van der Waals surface area contributed by atoms with Crippen molar-refractivity contribution in [3.63, 3.8) is 0 Å². The second kappa shape index (κ2) is 7.88. The monoisotopic (exact) mass is 388 g/mol. The third-order valence-corrected chi connectivity index (χ3v) is 20.4. The van der Waals surface area contributed by atoms with E-state index >= 15 is 0 Å². The molecule has 0 aromatic carbocycles. The molecule has 2 atom stereocenters. The maximum absolute atomic E-state index is 4.23. The molecular weight excluding hydrogens is 359 g/mol. The van der Waals surface area contributed by atoms with E-state index in [2.05, 4.69) is 99.8 Å². The first-order chi connectivity index (χ1) is 11.0. The van der Waals surface area contributed by atoms with Crippen LogP contribution in [0, 0.1) is 0 Å². The summed E-state index contributed by atoms with van der Waals surface area (Å²) in [5, 5.41) is 0. The van der Waals surface area contributed by atoms with E-state index in [0.717, 1.165) is 12.8 Å². The summed E-state index contributed by atoms with van der Waals surface area (Å²) in [5.41, 5.74) is 0. The number of rotatable bonds is 8. The second-order valence-corrected chi connectivity index (χ2v) is 17.1. The van der Waals surface area contributed by atoms with E-state index in [0.29, 0.717) is 7.50 Å². The molecule has 0 fully saturated rings. The van der Waals surface area contributed by atoms with E-state index in [-0.39, 0.29) is 0 Å². The van der Waals surface area contributed by atoms with Gasteiger partial charge in [0.2, 0.25) is 0 Å². The molecule has 2 nitrogen and oxygen atoms in total. The normalized spacial score (nSPS) is 19.9. The van der Waals surface area contributed by atoms with Crippen LogP contribution in [0.4, 0.5) is 0 Å². The van der Waals surface area contributed by atoms with Gasteiger partial charge < -0.3 is 0 Å². The molecule has 2 aliphatic carbocycles. The average molecular weight is 390 g/mol. The van der Waals surface area contributed by atoms with Crippen molar-refractivity contribution in [3.8, 4) is 0 Å². The molecule has 0 amide bonds. The number of nitrogens with zero attached hydrogens (tertiary/aromatic N) is 2. The van der Waals surface area contributed by atoms with Gasteiger partial charge in [0.25, 0.3) is 0 Å². The van der Waals surface area contributed by atoms with Crippen LogP contribution in [0.15, 0.2) is 68.3 Å². The minimum atomic E-state index is -3.10. The molecule has 23 heavy (non-hydrogen) atoms. The molecule has 2 aliphatic rings. The van der Waals surface area contributed by atoms with Gasteiger partial charge in [-0.1, -0.05) is 0 Å². The molecule has 0 aromatic heterocycles. The molecule has 0 saturated heterocycles. The molecule has 124 valence electrons. The van der Waals surface area contributed by atoms with Gasteiger partial charge in [0.15, 0.2) is 0 Å². The van der Waals surface area contributed by atoms with Crippen LogP contribution >= 0.6 is 0 Å². The Labute approximate surface area is 146 Å². The molecule has 0 aliphatic heterocycles. The van der Waals surface area contributed by atoms with Crippen molar-refractivity contribution < 1.29 is 20.3 Å². The first-order valence-corrected chi connectivity index (χ1v) is 13.6. The van der Waals surface area contributed by atoms with E-state index in [9.17, 15) is 0 Å². The van der Waals surface area contributed by atoms with Crippen LogP contribution in [-0.4, -0.2) is 45.5 Å². The van der Waals surface area contributed by atoms with Crippen molar-refractivity contribution in [2.75, 3.05) is 28.2 Å². The predicted molar refractivity (Wildman–Crippen MR) is 99.0 cm³/mol. The van der Waals surface area contributed by atoms with Crippen LogP contribution < -0.4 is 0 Å². The second-order valence-electron chi connectivity index (χ2n) is 6.81. The van der Waals surface area contributed by atoms with Crippen LogP contribution in [0.25, 0.3) is 0 Å². The number of allylic oxidation sites excluding steroid dienone is 8. The third-order valence-electron chi connectivity index (χ3n) is 5.10. The van der Waals surface area contributed by atoms with Gasteiger partial charge in [-0.3, -0.25) is 0 Å². The summed E-state index contributed by atoms with van der Waals surface area (Å²) in [6.07, 6.45) is 20.4. The first kappa shape index (κ1) is 18.6. The Hall–Kier alpha value is -0.757. The van der Waals surface area contributed by atoms with Gasteiger partial charge in [-0.25, -0.2) is 0 Å². The average Bonchev–Trinajstić information content (AvgIpc) is 3.20. The molecule has 0 aromatic rings. The summed E-state index contributed by atoms with van der Waals surface area (Å²) < 4.78 is 4.14. The standard InChI is InChI=1S/2C5H10N.2C5H5.Zr/c2*1-4-5-6(2)3;2*1-2-4-5-3-1;/h2*4-5H,1H2,2-3H3;2*1-3H,4H2;. The number of hydrogen-bond donors (Lipinski definition) is 0. The Balaban J connectivity index is 2.71. The number of likely N-dealkylation sites (N-methyl/N-ethyl adjacent to an activating group) is 2. The first-order valence-electron chi connectivity index (χ1n) is 8.30. The third kappa shape index (κ3) is 3.24. The van der Waals surface area contributed by atoms with E-state index in [1.165, 1.54) is 0 Å². The fraction of sp³-hybridized carbons (Fsp3) is 0.400. The minimum absolute atomic E-state index is 0.409. The molecule has 0 radical (unpaired) electrons. The summed E-state index contributed by atoms with van der Waals surface area (Å²) in [7, 11) is 8.78. The Morgan fingerprint density at radius 3 is 1.48 bits per heavy atom. The summed E-state index contributed by atoms with van der Waals surface area (Å²) in [4.78, 5) is 4.75. The summed E-state index contributed by atoms with van der Waals surface area (Å²) in [6, 6.07) is 0. The fourth-order valence-electron chi connectivity index (χ4n) is 4.26. The molecule has 2 unspecified atom stereocenters. The number of hydrogen-bond acceptors (Lipinski definition) is 2. The van der Waals surface area contributed by atoms with E-state index in [4.69, 9.17) is 0 Å². The van der Waals surface area contributed by atoms with E-state index in [1.807, 2.05) is 0 Å². The van der Waals surface area contributed by atoms with Crippen molar-refractivity contribution in [1.29, 1.82) is 0 Å². The van der Waals surface area contributed by atoms with Crippen LogP contribution in [0.3, 0.4) is 0 Å². The summed E-state index contributed by atoms with van der Waals surface area (Å²) in [6.45, 7) is 8.46. The van der Waals surface area contributed by atoms with Crippen molar-refractivity contribution >= 4 is 0 Å². The van der Waals surface area contributed by atoms with E-state index in [1.54, 1.807) is 6.56 Å². The van der Waals surface area contributed by atoms with Gasteiger partial charge in [0, 0.05) is 0 Å². The van der Waals surface area contributed by atoms with Crippen molar-refractivity contribution in [3.05, 3.63) is 68.3 Å². The zero-order chi connectivity index (χ0) is 17.0. The predicted octanol–water partition coefficient (Wildman–Crippen LogP) is 3.98. The zero-order valence-electron chi connectivity index (χ0n) is 15.0. The Kier molecular flexibility index (Phi) is 6.36. The van der Waals surface area contributed by atoms with Crippen LogP contribution in [0.2, 0.25) is 0 Å². The van der Waals surface area contributed by atoms with Gasteiger partial charge in [-0.15, -0.1) is 0 Å². The summed E-state index contributed by atoms with van der Waals surface area (Å²) >= 11 is -3.10. The molecule has 0 heterocycles. The van der Waals surface area contributed by atoms with Crippen LogP contribution in [-0.2, 0) is 20.3 Å². The zero-order valence-corrected chi connectivity index (χ0v) is 17.5. The van der Waals surface area contributed by atoms with Gasteiger partial charge in [0.05, 0.1) is 0 Å². The molecule has 0 spiro atoms. The Morgan fingerprint density at radius 1 is 0.870 bits per heavy atom. The molecular formula is C20H30N2Zr. The van der Waals surface area contributed by atoms with Crippen LogP contribution in [0.1, 0.15) is 12.8 Å². The van der Waals surface area contributed by atoms with Gasteiger partial charge in [0.1, 0.15) is 0 Å². The molecule has 2 rings (SSSR count). The van der Waals surface area contributed by atoms with Crippen molar-refractivity contribution in [1.82, 2.24) is 9.80 Å². The van der Waals surface area contributed by atoms with Gasteiger partial charge in [-0.2, -0.15) is 0 Å². The van der Waals surface area contributed by atoms with Crippen LogP contribution in [0.5, 0.6) is 0 Å². The van der Waals surface area contributed by atoms with Crippen molar-refractivity contribution in [2.24, 2.45) is 0 Å². The SMILES string of the molecule is C=C[CH](N(C)C)[Zr]([C]1=CC=CC1)([C]1=CC=CC1)[CH](C=C)N(C)C. The van der Waals surface area contributed by atoms with Gasteiger partial charge >= 0.3 is 147 Å². The van der Waals surface area contributed by atoms with Gasteiger partial charge in [-0.05, 0) is 0 Å². The fourth-order valence-corrected chi connectivity index (χ4v) is 19.8. The van der Waals surface area contributed by atoms with E-state index < -0.39 is 20.3 Å². The molecule has 3 heteroatoms. The quantitative estimate of drug-likeness (QED) is 0.580. The summed E-state index contributed by atoms with van der Waals surface area (Å²) in [5.74, 6) is 0. The Morgan fingerprint density at radius 2 is 1.26 bits per heavy atom. The topological polar surface area (TPSA) is 6.48 Å². The van der Waals surface area contributed by atoms with Crippen molar-refractivity contribution in [2.45, 2.75) is 20.3 Å². The Bertz CT molecular complexity index is 526.